The number of carbonyl (C=O) groups is 1. The van der Waals surface area contributed by atoms with Crippen molar-refractivity contribution in [2.24, 2.45) is 0 Å². The minimum absolute atomic E-state index is 0.0111. The first-order chi connectivity index (χ1) is 11.9. The maximum absolute atomic E-state index is 12.7. The fraction of sp³-hybridized carbons (Fsp3) is 0.588. The van der Waals surface area contributed by atoms with Crippen LogP contribution in [0.15, 0.2) is 33.6 Å². The minimum atomic E-state index is -3.49. The second-order valence-electron chi connectivity index (χ2n) is 6.22. The Kier molecular flexibility index (Phi) is 7.42. The van der Waals surface area contributed by atoms with Gasteiger partial charge < -0.3 is 5.32 Å². The van der Waals surface area contributed by atoms with Crippen molar-refractivity contribution in [3.63, 3.8) is 0 Å². The molecule has 0 spiro atoms. The third kappa shape index (κ3) is 5.51. The number of halogens is 1. The molecule has 1 aromatic rings. The zero-order chi connectivity index (χ0) is 18.4. The molecule has 1 N–H and O–H groups in total. The average Bonchev–Trinajstić information content (AvgIpc) is 2.60. The van der Waals surface area contributed by atoms with E-state index in [1.165, 1.54) is 4.31 Å². The van der Waals surface area contributed by atoms with E-state index in [9.17, 15) is 13.2 Å². The summed E-state index contributed by atoms with van der Waals surface area (Å²) in [6.07, 6.45) is 1.84. The lowest BCUT2D eigenvalue weighted by molar-refractivity contribution is -0.123. The van der Waals surface area contributed by atoms with Crippen LogP contribution in [-0.4, -0.2) is 62.3 Å². The molecular formula is C17H26BrN3O3S. The first-order valence-corrected chi connectivity index (χ1v) is 10.9. The molecule has 0 aliphatic carbocycles. The van der Waals surface area contributed by atoms with Crippen LogP contribution in [0.1, 0.15) is 26.7 Å². The third-order valence-corrected chi connectivity index (χ3v) is 6.87. The Morgan fingerprint density at radius 3 is 2.40 bits per heavy atom. The van der Waals surface area contributed by atoms with Crippen LogP contribution in [-0.2, 0) is 14.8 Å². The molecular weight excluding hydrogens is 406 g/mol. The summed E-state index contributed by atoms with van der Waals surface area (Å²) >= 11 is 3.31. The second-order valence-corrected chi connectivity index (χ2v) is 9.07. The highest BCUT2D eigenvalue weighted by atomic mass is 79.9. The summed E-state index contributed by atoms with van der Waals surface area (Å²) in [7, 11) is -3.49. The number of carbonyl (C=O) groups excluding carboxylic acids is 1. The summed E-state index contributed by atoms with van der Waals surface area (Å²) in [6, 6.07) is 6.95. The monoisotopic (exact) mass is 431 g/mol. The molecule has 8 heteroatoms. The van der Waals surface area contributed by atoms with E-state index in [1.807, 2.05) is 4.90 Å². The van der Waals surface area contributed by atoms with Crippen molar-refractivity contribution >= 4 is 31.9 Å². The Morgan fingerprint density at radius 2 is 1.84 bits per heavy atom. The maximum atomic E-state index is 12.7. The molecule has 1 aliphatic heterocycles. The molecule has 140 valence electrons. The summed E-state index contributed by atoms with van der Waals surface area (Å²) in [6.45, 7) is 6.34. The molecule has 1 saturated heterocycles. The Morgan fingerprint density at radius 1 is 1.20 bits per heavy atom. The molecule has 1 amide bonds. The van der Waals surface area contributed by atoms with Gasteiger partial charge in [0.15, 0.2) is 0 Å². The summed E-state index contributed by atoms with van der Waals surface area (Å²) < 4.78 is 27.6. The Balaban J connectivity index is 1.90. The summed E-state index contributed by atoms with van der Waals surface area (Å²) in [5, 5.41) is 3.02. The Hall–Kier alpha value is -0.960. The lowest BCUT2D eigenvalue weighted by atomic mass is 10.2. The van der Waals surface area contributed by atoms with E-state index in [1.54, 1.807) is 24.3 Å². The van der Waals surface area contributed by atoms with Gasteiger partial charge in [-0.15, -0.1) is 0 Å². The number of amides is 1. The number of hydrogen-bond acceptors (Lipinski definition) is 4. The molecule has 1 heterocycles. The van der Waals surface area contributed by atoms with E-state index >= 15 is 0 Å². The fourth-order valence-corrected chi connectivity index (χ4v) is 4.89. The van der Waals surface area contributed by atoms with Crippen LogP contribution in [0.25, 0.3) is 0 Å². The molecule has 0 bridgehead atoms. The first kappa shape index (κ1) is 20.4. The predicted octanol–water partition coefficient (Wildman–Crippen LogP) is 2.06. The van der Waals surface area contributed by atoms with E-state index in [0.717, 1.165) is 17.3 Å². The molecule has 1 aromatic carbocycles. The highest BCUT2D eigenvalue weighted by Gasteiger charge is 2.29. The highest BCUT2D eigenvalue weighted by molar-refractivity contribution is 9.10. The number of hydrogen-bond donors (Lipinski definition) is 1. The first-order valence-electron chi connectivity index (χ1n) is 8.64. The molecule has 0 atom stereocenters. The van der Waals surface area contributed by atoms with Crippen LogP contribution in [0.5, 0.6) is 0 Å². The van der Waals surface area contributed by atoms with Gasteiger partial charge in [-0.1, -0.05) is 35.8 Å². The second kappa shape index (κ2) is 9.12. The zero-order valence-corrected chi connectivity index (χ0v) is 17.1. The van der Waals surface area contributed by atoms with E-state index in [2.05, 4.69) is 35.1 Å². The quantitative estimate of drug-likeness (QED) is 0.716. The van der Waals surface area contributed by atoms with Crippen molar-refractivity contribution in [3.8, 4) is 0 Å². The van der Waals surface area contributed by atoms with Gasteiger partial charge >= 0.3 is 0 Å². The van der Waals surface area contributed by atoms with Crippen molar-refractivity contribution in [2.75, 3.05) is 32.7 Å². The number of rotatable bonds is 7. The molecule has 0 unspecified atom stereocenters. The summed E-state index contributed by atoms with van der Waals surface area (Å²) in [5.74, 6) is 0.0111. The van der Waals surface area contributed by atoms with Crippen LogP contribution >= 0.6 is 15.9 Å². The van der Waals surface area contributed by atoms with Crippen LogP contribution < -0.4 is 5.32 Å². The number of sulfonamides is 1. The van der Waals surface area contributed by atoms with Gasteiger partial charge in [-0.3, -0.25) is 9.69 Å². The average molecular weight is 432 g/mol. The smallest absolute Gasteiger partial charge is 0.243 e. The van der Waals surface area contributed by atoms with Gasteiger partial charge in [-0.05, 0) is 31.0 Å². The largest absolute Gasteiger partial charge is 0.352 e. The number of piperazine rings is 1. The van der Waals surface area contributed by atoms with Crippen molar-refractivity contribution < 1.29 is 13.2 Å². The molecule has 1 fully saturated rings. The predicted molar refractivity (Wildman–Crippen MR) is 102 cm³/mol. The van der Waals surface area contributed by atoms with Crippen LogP contribution in [0.3, 0.4) is 0 Å². The molecule has 2 rings (SSSR count). The molecule has 25 heavy (non-hydrogen) atoms. The molecule has 1 aliphatic rings. The number of nitrogens with one attached hydrogen (secondary N) is 1. The normalized spacial score (nSPS) is 17.0. The van der Waals surface area contributed by atoms with Crippen molar-refractivity contribution in [1.29, 1.82) is 0 Å². The standard InChI is InChI=1S/C17H26BrN3O3S/c1-3-15(4-2)19-17(22)13-20-8-10-21(11-9-20)25(23,24)16-7-5-6-14(18)12-16/h5-7,12,15H,3-4,8-11,13H2,1-2H3,(H,19,22). The SMILES string of the molecule is CCC(CC)NC(=O)CN1CCN(S(=O)(=O)c2cccc(Br)c2)CC1. The fourth-order valence-electron chi connectivity index (χ4n) is 2.87. The van der Waals surface area contributed by atoms with E-state index < -0.39 is 10.0 Å². The van der Waals surface area contributed by atoms with Gasteiger partial charge in [0.05, 0.1) is 11.4 Å². The molecule has 0 aromatic heterocycles. The van der Waals surface area contributed by atoms with Gasteiger partial charge in [0.1, 0.15) is 0 Å². The van der Waals surface area contributed by atoms with Crippen molar-refractivity contribution in [1.82, 2.24) is 14.5 Å². The third-order valence-electron chi connectivity index (χ3n) is 4.48. The molecule has 0 radical (unpaired) electrons. The Labute approximate surface area is 158 Å². The van der Waals surface area contributed by atoms with E-state index in [4.69, 9.17) is 0 Å². The summed E-state index contributed by atoms with van der Waals surface area (Å²) in [5.41, 5.74) is 0. The van der Waals surface area contributed by atoms with Crippen LogP contribution in [0.4, 0.5) is 0 Å². The summed E-state index contributed by atoms with van der Waals surface area (Å²) in [4.78, 5) is 14.4. The molecule has 0 saturated carbocycles. The van der Waals surface area contributed by atoms with Crippen molar-refractivity contribution in [2.45, 2.75) is 37.6 Å². The zero-order valence-electron chi connectivity index (χ0n) is 14.7. The lowest BCUT2D eigenvalue weighted by Crippen LogP contribution is -2.51. The van der Waals surface area contributed by atoms with E-state index in [0.29, 0.717) is 37.6 Å². The lowest BCUT2D eigenvalue weighted by Gasteiger charge is -2.33. The highest BCUT2D eigenvalue weighted by Crippen LogP contribution is 2.21. The Bertz CT molecular complexity index is 684. The minimum Gasteiger partial charge on any atom is -0.352 e. The van der Waals surface area contributed by atoms with E-state index in [-0.39, 0.29) is 11.9 Å². The topological polar surface area (TPSA) is 69.7 Å². The van der Waals surface area contributed by atoms with Gasteiger partial charge in [0, 0.05) is 36.7 Å². The van der Waals surface area contributed by atoms with Gasteiger partial charge in [-0.25, -0.2) is 8.42 Å². The van der Waals surface area contributed by atoms with Gasteiger partial charge in [0.25, 0.3) is 0 Å². The van der Waals surface area contributed by atoms with Gasteiger partial charge in [0.2, 0.25) is 15.9 Å². The molecule has 6 nitrogen and oxygen atoms in total. The van der Waals surface area contributed by atoms with Crippen molar-refractivity contribution in [3.05, 3.63) is 28.7 Å². The maximum Gasteiger partial charge on any atom is 0.243 e. The number of nitrogens with zero attached hydrogens (tertiary/aromatic N) is 2. The van der Waals surface area contributed by atoms with Crippen LogP contribution in [0.2, 0.25) is 0 Å². The van der Waals surface area contributed by atoms with Gasteiger partial charge in [-0.2, -0.15) is 4.31 Å². The number of benzene rings is 1. The van der Waals surface area contributed by atoms with Crippen LogP contribution in [0, 0.1) is 0 Å².